The molecule has 0 heterocycles. The second-order valence-corrected chi connectivity index (χ2v) is 3.00. The zero-order chi connectivity index (χ0) is 9.42. The summed E-state index contributed by atoms with van der Waals surface area (Å²) in [6.07, 6.45) is 1.21. The van der Waals surface area contributed by atoms with Gasteiger partial charge in [0, 0.05) is 11.1 Å². The molecule has 0 saturated heterocycles. The van der Waals surface area contributed by atoms with Gasteiger partial charge in [-0.15, -0.1) is 0 Å². The van der Waals surface area contributed by atoms with E-state index in [0.29, 0.717) is 24.1 Å². The number of rotatable bonds is 0. The number of halogens is 1. The Hall–Kier alpha value is -1.58. The first-order valence-electron chi connectivity index (χ1n) is 4.01. The van der Waals surface area contributed by atoms with Gasteiger partial charge in [-0.1, -0.05) is 0 Å². The van der Waals surface area contributed by atoms with Gasteiger partial charge in [0.25, 0.3) is 0 Å². The van der Waals surface area contributed by atoms with Gasteiger partial charge in [0.2, 0.25) is 0 Å². The topological polar surface area (TPSA) is 58.6 Å². The van der Waals surface area contributed by atoms with Crippen molar-refractivity contribution < 1.29 is 9.50 Å². The second-order valence-electron chi connectivity index (χ2n) is 3.00. The van der Waals surface area contributed by atoms with Gasteiger partial charge in [-0.05, 0) is 25.0 Å². The van der Waals surface area contributed by atoms with Crippen LogP contribution in [0.3, 0.4) is 0 Å². The first-order chi connectivity index (χ1) is 6.24. The molecule has 1 aromatic carbocycles. The van der Waals surface area contributed by atoms with Crippen LogP contribution >= 0.6 is 0 Å². The minimum absolute atomic E-state index is 0.308. The lowest BCUT2D eigenvalue weighted by molar-refractivity contribution is 0.429. The van der Waals surface area contributed by atoms with Crippen molar-refractivity contribution in [2.75, 3.05) is 0 Å². The van der Waals surface area contributed by atoms with Gasteiger partial charge >= 0.3 is 0 Å². The van der Waals surface area contributed by atoms with Crippen LogP contribution in [0.5, 0.6) is 5.75 Å². The Morgan fingerprint density at radius 1 is 1.38 bits per heavy atom. The number of nitrogens with two attached hydrogens (primary N) is 1. The van der Waals surface area contributed by atoms with Crippen LogP contribution in [0.25, 0.3) is 0 Å². The maximum Gasteiger partial charge on any atom is 0.168 e. The lowest BCUT2D eigenvalue weighted by atomic mass is 10.1. The van der Waals surface area contributed by atoms with Crippen molar-refractivity contribution in [2.24, 2.45) is 10.9 Å². The number of phenolic OH excluding ortho intramolecular Hbond substituents is 1. The van der Waals surface area contributed by atoms with Crippen molar-refractivity contribution in [1.82, 2.24) is 0 Å². The van der Waals surface area contributed by atoms with Gasteiger partial charge < -0.3 is 10.9 Å². The average molecular weight is 180 g/mol. The number of hydrazone groups is 1. The summed E-state index contributed by atoms with van der Waals surface area (Å²) >= 11 is 0. The molecule has 2 rings (SSSR count). The predicted molar refractivity (Wildman–Crippen MR) is 47.1 cm³/mol. The van der Waals surface area contributed by atoms with Crippen LogP contribution in [0.4, 0.5) is 4.39 Å². The molecule has 0 aromatic heterocycles. The van der Waals surface area contributed by atoms with E-state index in [-0.39, 0.29) is 5.75 Å². The van der Waals surface area contributed by atoms with Crippen molar-refractivity contribution in [1.29, 1.82) is 0 Å². The highest BCUT2D eigenvalue weighted by Crippen LogP contribution is 2.29. The fraction of sp³-hybridized carbons (Fsp3) is 0.222. The van der Waals surface area contributed by atoms with E-state index >= 15 is 0 Å². The van der Waals surface area contributed by atoms with Gasteiger partial charge in [-0.2, -0.15) is 5.10 Å². The molecule has 0 radical (unpaired) electrons. The Kier molecular flexibility index (Phi) is 1.69. The summed E-state index contributed by atoms with van der Waals surface area (Å²) in [6.45, 7) is 0. The van der Waals surface area contributed by atoms with E-state index in [2.05, 4.69) is 5.10 Å². The number of phenols is 1. The van der Waals surface area contributed by atoms with E-state index in [4.69, 9.17) is 10.9 Å². The Morgan fingerprint density at radius 3 is 2.85 bits per heavy atom. The zero-order valence-corrected chi connectivity index (χ0v) is 6.92. The minimum Gasteiger partial charge on any atom is -0.505 e. The quantitative estimate of drug-likeness (QED) is 0.464. The van der Waals surface area contributed by atoms with Crippen molar-refractivity contribution in [3.63, 3.8) is 0 Å². The lowest BCUT2D eigenvalue weighted by Gasteiger charge is -2.01. The SMILES string of the molecule is N/N=C1/CCc2c1ccc(O)c2F. The largest absolute Gasteiger partial charge is 0.505 e. The van der Waals surface area contributed by atoms with E-state index < -0.39 is 5.82 Å². The normalized spacial score (nSPS) is 17.8. The summed E-state index contributed by atoms with van der Waals surface area (Å²) in [4.78, 5) is 0. The summed E-state index contributed by atoms with van der Waals surface area (Å²) in [6, 6.07) is 2.97. The predicted octanol–water partition coefficient (Wildman–Crippen LogP) is 1.14. The third kappa shape index (κ3) is 1.06. The second kappa shape index (κ2) is 2.73. The molecule has 1 aliphatic carbocycles. The van der Waals surface area contributed by atoms with E-state index in [0.717, 1.165) is 5.56 Å². The molecule has 3 nitrogen and oxygen atoms in total. The fourth-order valence-corrected chi connectivity index (χ4v) is 1.64. The molecule has 3 N–H and O–H groups in total. The average Bonchev–Trinajstić information content (AvgIpc) is 2.55. The van der Waals surface area contributed by atoms with Gasteiger partial charge in [-0.25, -0.2) is 4.39 Å². The number of benzene rings is 1. The van der Waals surface area contributed by atoms with Crippen LogP contribution in [0.2, 0.25) is 0 Å². The maximum absolute atomic E-state index is 13.3. The van der Waals surface area contributed by atoms with Crippen LogP contribution in [0, 0.1) is 5.82 Å². The van der Waals surface area contributed by atoms with E-state index in [9.17, 15) is 4.39 Å². The smallest absolute Gasteiger partial charge is 0.168 e. The van der Waals surface area contributed by atoms with Gasteiger partial charge in [-0.3, -0.25) is 0 Å². The molecule has 0 spiro atoms. The molecule has 0 bridgehead atoms. The highest BCUT2D eigenvalue weighted by Gasteiger charge is 2.22. The number of hydrogen-bond acceptors (Lipinski definition) is 3. The Morgan fingerprint density at radius 2 is 2.15 bits per heavy atom. The molecule has 0 aliphatic heterocycles. The molecule has 68 valence electrons. The van der Waals surface area contributed by atoms with Gasteiger partial charge in [0.1, 0.15) is 0 Å². The number of fused-ring (bicyclic) bond motifs is 1. The Bertz CT molecular complexity index is 387. The third-order valence-corrected chi connectivity index (χ3v) is 2.30. The first-order valence-corrected chi connectivity index (χ1v) is 4.01. The molecule has 1 aromatic rings. The number of aromatic hydroxyl groups is 1. The molecule has 1 aliphatic rings. The van der Waals surface area contributed by atoms with Crippen molar-refractivity contribution in [3.05, 3.63) is 29.1 Å². The van der Waals surface area contributed by atoms with Crippen LogP contribution in [-0.4, -0.2) is 10.8 Å². The van der Waals surface area contributed by atoms with Crippen molar-refractivity contribution >= 4 is 5.71 Å². The molecule has 13 heavy (non-hydrogen) atoms. The lowest BCUT2D eigenvalue weighted by Crippen LogP contribution is -1.99. The van der Waals surface area contributed by atoms with Crippen LogP contribution in [-0.2, 0) is 6.42 Å². The summed E-state index contributed by atoms with van der Waals surface area (Å²) in [5, 5.41) is 12.7. The summed E-state index contributed by atoms with van der Waals surface area (Å²) in [5.74, 6) is 4.29. The van der Waals surface area contributed by atoms with Gasteiger partial charge in [0.05, 0.1) is 5.71 Å². The maximum atomic E-state index is 13.3. The zero-order valence-electron chi connectivity index (χ0n) is 6.92. The Balaban J connectivity index is 2.64. The monoisotopic (exact) mass is 180 g/mol. The van der Waals surface area contributed by atoms with Crippen LogP contribution in [0.1, 0.15) is 17.5 Å². The highest BCUT2D eigenvalue weighted by atomic mass is 19.1. The first kappa shape index (κ1) is 8.04. The van der Waals surface area contributed by atoms with E-state index in [1.165, 1.54) is 6.07 Å². The number of nitrogens with zero attached hydrogens (tertiary/aromatic N) is 1. The molecular weight excluding hydrogens is 171 g/mol. The van der Waals surface area contributed by atoms with Gasteiger partial charge in [0.15, 0.2) is 11.6 Å². The van der Waals surface area contributed by atoms with Crippen LogP contribution in [0.15, 0.2) is 17.2 Å². The molecule has 0 amide bonds. The summed E-state index contributed by atoms with van der Waals surface area (Å²) < 4.78 is 13.3. The van der Waals surface area contributed by atoms with E-state index in [1.807, 2.05) is 0 Å². The molecule has 0 unspecified atom stereocenters. The molecule has 4 heteroatoms. The molecule has 0 atom stereocenters. The van der Waals surface area contributed by atoms with E-state index in [1.54, 1.807) is 6.07 Å². The molecule has 0 fully saturated rings. The van der Waals surface area contributed by atoms with Crippen LogP contribution < -0.4 is 5.84 Å². The molecular formula is C9H9FN2O. The molecule has 0 saturated carbocycles. The standard InChI is InChI=1S/C9H9FN2O/c10-9-6-1-3-7(12-11)5(6)2-4-8(9)13/h2,4,13H,1,3,11H2/b12-7-. The highest BCUT2D eigenvalue weighted by molar-refractivity contribution is 6.04. The minimum atomic E-state index is -0.545. The van der Waals surface area contributed by atoms with Crippen molar-refractivity contribution in [3.8, 4) is 5.75 Å². The summed E-state index contributed by atoms with van der Waals surface area (Å²) in [5.41, 5.74) is 1.94. The third-order valence-electron chi connectivity index (χ3n) is 2.30. The van der Waals surface area contributed by atoms with Crippen molar-refractivity contribution in [2.45, 2.75) is 12.8 Å². The Labute approximate surface area is 74.7 Å². The fourth-order valence-electron chi connectivity index (χ4n) is 1.64. The number of hydrogen-bond donors (Lipinski definition) is 2. The summed E-state index contributed by atoms with van der Waals surface area (Å²) in [7, 11) is 0.